The van der Waals surface area contributed by atoms with Gasteiger partial charge in [-0.25, -0.2) is 9.37 Å². The first-order chi connectivity index (χ1) is 12.2. The number of aromatic nitrogens is 1. The molecule has 1 heterocycles. The molecule has 0 amide bonds. The van der Waals surface area contributed by atoms with Crippen molar-refractivity contribution in [3.05, 3.63) is 51.2 Å². The van der Waals surface area contributed by atoms with Crippen LogP contribution >= 0.6 is 47.1 Å². The molecule has 0 radical (unpaired) electrons. The molecule has 0 aliphatic heterocycles. The Morgan fingerprint density at radius 1 is 1.31 bits per heavy atom. The zero-order valence-electron chi connectivity index (χ0n) is 15.3. The number of aliphatic imine (C=N–C) groups is 1. The van der Waals surface area contributed by atoms with Crippen LogP contribution in [0, 0.1) is 5.82 Å². The average molecular weight is 508 g/mol. The van der Waals surface area contributed by atoms with E-state index in [9.17, 15) is 4.39 Å². The van der Waals surface area contributed by atoms with Gasteiger partial charge in [0.2, 0.25) is 0 Å². The molecule has 0 unspecified atom stereocenters. The monoisotopic (exact) mass is 508 g/mol. The number of thiazole rings is 1. The van der Waals surface area contributed by atoms with E-state index in [0.717, 1.165) is 47.9 Å². The number of nitrogens with one attached hydrogen (secondary N) is 2. The van der Waals surface area contributed by atoms with Crippen molar-refractivity contribution in [2.45, 2.75) is 32.1 Å². The van der Waals surface area contributed by atoms with Gasteiger partial charge in [-0.2, -0.15) is 11.8 Å². The number of thioether (sulfide) groups is 1. The van der Waals surface area contributed by atoms with Crippen LogP contribution in [-0.4, -0.2) is 30.8 Å². The Hall–Kier alpha value is -0.870. The van der Waals surface area contributed by atoms with Crippen molar-refractivity contribution in [1.82, 2.24) is 15.6 Å². The van der Waals surface area contributed by atoms with Crippen molar-refractivity contribution in [2.24, 2.45) is 4.99 Å². The highest BCUT2D eigenvalue weighted by Crippen LogP contribution is 2.16. The Labute approximate surface area is 180 Å². The van der Waals surface area contributed by atoms with Crippen molar-refractivity contribution in [2.75, 3.05) is 19.8 Å². The predicted molar refractivity (Wildman–Crippen MR) is 122 cm³/mol. The Balaban J connectivity index is 0.00000338. The molecule has 8 heteroatoms. The van der Waals surface area contributed by atoms with Crippen LogP contribution in [0.5, 0.6) is 0 Å². The first kappa shape index (κ1) is 23.2. The second-order valence-electron chi connectivity index (χ2n) is 5.53. The molecule has 0 saturated heterocycles. The van der Waals surface area contributed by atoms with Crippen LogP contribution < -0.4 is 10.6 Å². The van der Waals surface area contributed by atoms with Crippen LogP contribution in [0.25, 0.3) is 0 Å². The van der Waals surface area contributed by atoms with Gasteiger partial charge in [-0.1, -0.05) is 13.0 Å². The average Bonchev–Trinajstić information content (AvgIpc) is 3.07. The normalized spacial score (nSPS) is 11.2. The lowest BCUT2D eigenvalue weighted by molar-refractivity contribution is 0.625. The third-order valence-corrected chi connectivity index (χ3v) is 5.36. The molecule has 0 aliphatic rings. The van der Waals surface area contributed by atoms with Crippen molar-refractivity contribution in [3.8, 4) is 0 Å². The van der Waals surface area contributed by atoms with Crippen molar-refractivity contribution >= 4 is 53.0 Å². The maximum Gasteiger partial charge on any atom is 0.191 e. The molecule has 2 aromatic rings. The van der Waals surface area contributed by atoms with Gasteiger partial charge in [-0.3, -0.25) is 4.99 Å². The Morgan fingerprint density at radius 2 is 2.12 bits per heavy atom. The summed E-state index contributed by atoms with van der Waals surface area (Å²) in [6, 6.07) is 4.95. The fourth-order valence-electron chi connectivity index (χ4n) is 2.39. The molecule has 0 atom stereocenters. The zero-order valence-corrected chi connectivity index (χ0v) is 19.3. The first-order valence-corrected chi connectivity index (χ1v) is 10.6. The summed E-state index contributed by atoms with van der Waals surface area (Å²) >= 11 is 3.40. The topological polar surface area (TPSA) is 49.3 Å². The van der Waals surface area contributed by atoms with Gasteiger partial charge in [-0.05, 0) is 35.9 Å². The highest BCUT2D eigenvalue weighted by molar-refractivity contribution is 14.0. The molecule has 1 aromatic heterocycles. The van der Waals surface area contributed by atoms with Crippen LogP contribution in [0.15, 0.2) is 28.6 Å². The minimum absolute atomic E-state index is 0. The first-order valence-electron chi connectivity index (χ1n) is 8.30. The van der Waals surface area contributed by atoms with E-state index in [1.165, 1.54) is 11.1 Å². The maximum absolute atomic E-state index is 13.4. The van der Waals surface area contributed by atoms with Crippen LogP contribution in [0.2, 0.25) is 0 Å². The molecule has 26 heavy (non-hydrogen) atoms. The van der Waals surface area contributed by atoms with Crippen LogP contribution in [0.3, 0.4) is 0 Å². The van der Waals surface area contributed by atoms with E-state index >= 15 is 0 Å². The van der Waals surface area contributed by atoms with Crippen molar-refractivity contribution < 1.29 is 4.39 Å². The number of nitrogens with zero attached hydrogens (tertiary/aromatic N) is 2. The van der Waals surface area contributed by atoms with Crippen LogP contribution in [-0.2, 0) is 25.1 Å². The third-order valence-electron chi connectivity index (χ3n) is 3.71. The molecule has 0 spiro atoms. The van der Waals surface area contributed by atoms with E-state index in [4.69, 9.17) is 0 Å². The van der Waals surface area contributed by atoms with E-state index in [1.54, 1.807) is 36.2 Å². The van der Waals surface area contributed by atoms with Gasteiger partial charge in [0.15, 0.2) is 5.96 Å². The van der Waals surface area contributed by atoms with Gasteiger partial charge in [0.1, 0.15) is 5.82 Å². The van der Waals surface area contributed by atoms with Gasteiger partial charge in [0.05, 0.1) is 10.7 Å². The van der Waals surface area contributed by atoms with Gasteiger partial charge in [-0.15, -0.1) is 35.3 Å². The van der Waals surface area contributed by atoms with Gasteiger partial charge in [0.25, 0.3) is 0 Å². The van der Waals surface area contributed by atoms with Crippen LogP contribution in [0.1, 0.15) is 28.8 Å². The summed E-state index contributed by atoms with van der Waals surface area (Å²) in [4.78, 5) is 8.81. The van der Waals surface area contributed by atoms with Gasteiger partial charge >= 0.3 is 0 Å². The number of halogens is 2. The molecule has 0 fully saturated rings. The highest BCUT2D eigenvalue weighted by atomic mass is 127. The van der Waals surface area contributed by atoms with Gasteiger partial charge in [0, 0.05) is 37.7 Å². The summed E-state index contributed by atoms with van der Waals surface area (Å²) < 4.78 is 13.4. The van der Waals surface area contributed by atoms with E-state index < -0.39 is 0 Å². The SMILES string of the molecule is CCc1nc(CCNC(=NC)NCc2ccc(F)cc2CSC)cs1.I. The maximum atomic E-state index is 13.4. The Kier molecular flexibility index (Phi) is 11.1. The third kappa shape index (κ3) is 7.40. The van der Waals surface area contributed by atoms with E-state index in [1.807, 2.05) is 12.3 Å². The summed E-state index contributed by atoms with van der Waals surface area (Å²) in [6.45, 7) is 3.51. The van der Waals surface area contributed by atoms with Crippen LogP contribution in [0.4, 0.5) is 4.39 Å². The summed E-state index contributed by atoms with van der Waals surface area (Å²) in [7, 11) is 1.75. The molecular weight excluding hydrogens is 482 g/mol. The molecule has 2 N–H and O–H groups in total. The minimum atomic E-state index is -0.190. The van der Waals surface area contributed by atoms with E-state index in [-0.39, 0.29) is 29.8 Å². The highest BCUT2D eigenvalue weighted by Gasteiger charge is 2.06. The number of rotatable bonds is 8. The van der Waals surface area contributed by atoms with Crippen molar-refractivity contribution in [1.29, 1.82) is 0 Å². The lowest BCUT2D eigenvalue weighted by Crippen LogP contribution is -2.38. The Morgan fingerprint density at radius 3 is 2.77 bits per heavy atom. The molecule has 1 aromatic carbocycles. The number of aryl methyl sites for hydroxylation is 1. The predicted octanol–water partition coefficient (Wildman–Crippen LogP) is 4.23. The standard InChI is InChI=1S/C18H25FN4S2.HI/c1-4-17-23-16(12-25-17)7-8-21-18(20-2)22-10-13-5-6-15(19)9-14(13)11-24-3;/h5-6,9,12H,4,7-8,10-11H2,1-3H3,(H2,20,21,22);1H. The van der Waals surface area contributed by atoms with Crippen molar-refractivity contribution in [3.63, 3.8) is 0 Å². The molecule has 4 nitrogen and oxygen atoms in total. The number of hydrogen-bond donors (Lipinski definition) is 2. The molecule has 2 rings (SSSR count). The zero-order chi connectivity index (χ0) is 18.1. The number of guanidine groups is 1. The lowest BCUT2D eigenvalue weighted by Gasteiger charge is -2.14. The molecule has 0 bridgehead atoms. The van der Waals surface area contributed by atoms with E-state index in [2.05, 4.69) is 32.9 Å². The largest absolute Gasteiger partial charge is 0.356 e. The summed E-state index contributed by atoms with van der Waals surface area (Å²) in [5.74, 6) is 1.35. The van der Waals surface area contributed by atoms with E-state index in [0.29, 0.717) is 6.54 Å². The molecule has 144 valence electrons. The molecule has 0 saturated carbocycles. The fourth-order valence-corrected chi connectivity index (χ4v) is 3.75. The summed E-state index contributed by atoms with van der Waals surface area (Å²) in [5, 5.41) is 9.89. The second-order valence-corrected chi connectivity index (χ2v) is 7.34. The fraction of sp³-hybridized carbons (Fsp3) is 0.444. The summed E-state index contributed by atoms with van der Waals surface area (Å²) in [6.07, 6.45) is 3.87. The molecule has 0 aliphatic carbocycles. The Bertz CT molecular complexity index is 706. The minimum Gasteiger partial charge on any atom is -0.356 e. The molecular formula is C18H26FIN4S2. The lowest BCUT2D eigenvalue weighted by atomic mass is 10.1. The quantitative estimate of drug-likeness (QED) is 0.318. The number of hydrogen-bond acceptors (Lipinski definition) is 4. The second kappa shape index (κ2) is 12.5. The smallest absolute Gasteiger partial charge is 0.191 e. The number of benzene rings is 1. The van der Waals surface area contributed by atoms with Gasteiger partial charge < -0.3 is 10.6 Å². The summed E-state index contributed by atoms with van der Waals surface area (Å²) in [5.41, 5.74) is 3.22.